The van der Waals surface area contributed by atoms with Crippen LogP contribution in [0.25, 0.3) is 0 Å². The molecular formula is C16H14F3NO3. The van der Waals surface area contributed by atoms with Crippen molar-refractivity contribution in [3.8, 4) is 11.5 Å². The Morgan fingerprint density at radius 1 is 1.13 bits per heavy atom. The summed E-state index contributed by atoms with van der Waals surface area (Å²) in [7, 11) is 0. The Kier molecular flexibility index (Phi) is 4.88. The number of halogens is 3. The molecule has 0 amide bonds. The normalized spacial score (nSPS) is 11.3. The minimum Gasteiger partial charge on any atom is -0.457 e. The number of nitro benzene ring substituents is 1. The molecule has 23 heavy (non-hydrogen) atoms. The number of alkyl halides is 3. The Bertz CT molecular complexity index is 697. The Hall–Kier alpha value is -2.57. The van der Waals surface area contributed by atoms with Gasteiger partial charge in [-0.1, -0.05) is 25.5 Å². The van der Waals surface area contributed by atoms with Crippen LogP contribution in [0, 0.1) is 10.1 Å². The van der Waals surface area contributed by atoms with E-state index in [1.807, 2.05) is 6.92 Å². The number of nitrogens with zero attached hydrogens (tertiary/aromatic N) is 1. The van der Waals surface area contributed by atoms with Crippen molar-refractivity contribution >= 4 is 5.69 Å². The second-order valence-corrected chi connectivity index (χ2v) is 4.93. The van der Waals surface area contributed by atoms with E-state index < -0.39 is 28.1 Å². The molecular weight excluding hydrogens is 311 g/mol. The van der Waals surface area contributed by atoms with Crippen LogP contribution in [0.1, 0.15) is 24.5 Å². The first-order valence-corrected chi connectivity index (χ1v) is 6.93. The van der Waals surface area contributed by atoms with Crippen molar-refractivity contribution in [3.05, 3.63) is 63.7 Å². The summed E-state index contributed by atoms with van der Waals surface area (Å²) in [6, 6.07) is 9.12. The molecule has 0 fully saturated rings. The van der Waals surface area contributed by atoms with Crippen LogP contribution in [-0.2, 0) is 12.6 Å². The maximum absolute atomic E-state index is 13.1. The van der Waals surface area contributed by atoms with Crippen molar-refractivity contribution in [3.63, 3.8) is 0 Å². The number of non-ortho nitro benzene ring substituents is 1. The van der Waals surface area contributed by atoms with Gasteiger partial charge in [-0.05, 0) is 30.2 Å². The van der Waals surface area contributed by atoms with Crippen LogP contribution in [-0.4, -0.2) is 4.92 Å². The number of rotatable bonds is 5. The van der Waals surface area contributed by atoms with Crippen molar-refractivity contribution in [1.29, 1.82) is 0 Å². The molecule has 122 valence electrons. The predicted molar refractivity (Wildman–Crippen MR) is 78.6 cm³/mol. The minimum absolute atomic E-state index is 0.240. The molecule has 2 rings (SSSR count). The van der Waals surface area contributed by atoms with E-state index in [1.54, 1.807) is 24.3 Å². The van der Waals surface area contributed by atoms with E-state index in [0.29, 0.717) is 6.07 Å². The Labute approximate surface area is 130 Å². The van der Waals surface area contributed by atoms with Crippen LogP contribution in [0.2, 0.25) is 0 Å². The van der Waals surface area contributed by atoms with Gasteiger partial charge in [0.25, 0.3) is 5.69 Å². The number of ether oxygens (including phenoxy) is 1. The first-order valence-electron chi connectivity index (χ1n) is 6.93. The second kappa shape index (κ2) is 6.68. The summed E-state index contributed by atoms with van der Waals surface area (Å²) in [5, 5.41) is 10.6. The summed E-state index contributed by atoms with van der Waals surface area (Å²) in [5.41, 5.74) is -0.758. The van der Waals surface area contributed by atoms with Gasteiger partial charge in [-0.2, -0.15) is 13.2 Å². The predicted octanol–water partition coefficient (Wildman–Crippen LogP) is 5.36. The Morgan fingerprint density at radius 3 is 2.30 bits per heavy atom. The molecule has 0 aliphatic carbocycles. The third-order valence-electron chi connectivity index (χ3n) is 3.17. The summed E-state index contributed by atoms with van der Waals surface area (Å²) < 4.78 is 44.4. The molecule has 7 heteroatoms. The van der Waals surface area contributed by atoms with E-state index in [1.165, 1.54) is 0 Å². The summed E-state index contributed by atoms with van der Waals surface area (Å²) in [4.78, 5) is 9.77. The van der Waals surface area contributed by atoms with E-state index in [9.17, 15) is 23.3 Å². The molecule has 0 aromatic heterocycles. The number of hydrogen-bond acceptors (Lipinski definition) is 3. The number of nitro groups is 1. The number of benzene rings is 2. The number of hydrogen-bond donors (Lipinski definition) is 0. The van der Waals surface area contributed by atoms with Gasteiger partial charge in [0, 0.05) is 12.1 Å². The van der Waals surface area contributed by atoms with Gasteiger partial charge in [0.05, 0.1) is 4.92 Å². The molecule has 0 radical (unpaired) electrons. The van der Waals surface area contributed by atoms with Crippen molar-refractivity contribution in [2.75, 3.05) is 0 Å². The Balaban J connectivity index is 2.33. The van der Waals surface area contributed by atoms with Crippen LogP contribution in [0.3, 0.4) is 0 Å². The highest BCUT2D eigenvalue weighted by Gasteiger charge is 2.36. The summed E-state index contributed by atoms with van der Waals surface area (Å²) in [5.74, 6) is -0.226. The molecule has 4 nitrogen and oxygen atoms in total. The minimum atomic E-state index is -4.75. The molecule has 0 unspecified atom stereocenters. The highest BCUT2D eigenvalue weighted by molar-refractivity contribution is 5.47. The average molecular weight is 325 g/mol. The summed E-state index contributed by atoms with van der Waals surface area (Å²) in [6.07, 6.45) is -2.92. The fraction of sp³-hybridized carbons (Fsp3) is 0.250. The van der Waals surface area contributed by atoms with Crippen LogP contribution < -0.4 is 4.74 Å². The average Bonchev–Trinajstić information content (AvgIpc) is 2.48. The molecule has 2 aromatic rings. The first-order chi connectivity index (χ1) is 10.8. The smallest absolute Gasteiger partial charge is 0.420 e. The van der Waals surface area contributed by atoms with Gasteiger partial charge < -0.3 is 4.74 Å². The van der Waals surface area contributed by atoms with Crippen LogP contribution in [0.5, 0.6) is 11.5 Å². The lowest BCUT2D eigenvalue weighted by atomic mass is 10.1. The SMILES string of the molecule is CCCc1ccc(Oc2ccc([N+](=O)[O-])cc2C(F)(F)F)cc1. The van der Waals surface area contributed by atoms with Gasteiger partial charge >= 0.3 is 6.18 Å². The maximum atomic E-state index is 13.1. The zero-order valence-electron chi connectivity index (χ0n) is 12.3. The largest absolute Gasteiger partial charge is 0.457 e. The third-order valence-corrected chi connectivity index (χ3v) is 3.17. The lowest BCUT2D eigenvalue weighted by molar-refractivity contribution is -0.385. The van der Waals surface area contributed by atoms with E-state index in [4.69, 9.17) is 4.74 Å². The fourth-order valence-corrected chi connectivity index (χ4v) is 2.08. The lowest BCUT2D eigenvalue weighted by Gasteiger charge is -2.13. The van der Waals surface area contributed by atoms with Crippen LogP contribution in [0.15, 0.2) is 42.5 Å². The molecule has 0 N–H and O–H groups in total. The highest BCUT2D eigenvalue weighted by atomic mass is 19.4. The van der Waals surface area contributed by atoms with Gasteiger partial charge in [0.15, 0.2) is 0 Å². The van der Waals surface area contributed by atoms with Gasteiger partial charge in [0.2, 0.25) is 0 Å². The molecule has 2 aromatic carbocycles. The standard InChI is InChI=1S/C16H14F3NO3/c1-2-3-11-4-7-13(8-5-11)23-15-9-6-12(20(21)22)10-14(15)16(17,18)19/h4-10H,2-3H2,1H3. The second-order valence-electron chi connectivity index (χ2n) is 4.93. The quantitative estimate of drug-likeness (QED) is 0.549. The molecule has 0 aliphatic rings. The molecule has 0 atom stereocenters. The highest BCUT2D eigenvalue weighted by Crippen LogP contribution is 2.40. The van der Waals surface area contributed by atoms with E-state index in [-0.39, 0.29) is 5.75 Å². The fourth-order valence-electron chi connectivity index (χ4n) is 2.08. The molecule has 0 saturated carbocycles. The van der Waals surface area contributed by atoms with Crippen molar-refractivity contribution < 1.29 is 22.8 Å². The van der Waals surface area contributed by atoms with Gasteiger partial charge in [0.1, 0.15) is 17.1 Å². The van der Waals surface area contributed by atoms with Gasteiger partial charge in [-0.25, -0.2) is 0 Å². The van der Waals surface area contributed by atoms with Crippen LogP contribution in [0.4, 0.5) is 18.9 Å². The van der Waals surface area contributed by atoms with E-state index in [2.05, 4.69) is 0 Å². The molecule has 0 heterocycles. The molecule has 0 bridgehead atoms. The van der Waals surface area contributed by atoms with E-state index in [0.717, 1.165) is 30.5 Å². The zero-order chi connectivity index (χ0) is 17.0. The molecule has 0 saturated heterocycles. The number of aryl methyl sites for hydroxylation is 1. The Morgan fingerprint density at radius 2 is 1.78 bits per heavy atom. The molecule has 0 spiro atoms. The van der Waals surface area contributed by atoms with Crippen molar-refractivity contribution in [2.45, 2.75) is 25.9 Å². The monoisotopic (exact) mass is 325 g/mol. The van der Waals surface area contributed by atoms with Gasteiger partial charge in [-0.3, -0.25) is 10.1 Å². The van der Waals surface area contributed by atoms with E-state index >= 15 is 0 Å². The summed E-state index contributed by atoms with van der Waals surface area (Å²) >= 11 is 0. The third kappa shape index (κ3) is 4.21. The van der Waals surface area contributed by atoms with Crippen LogP contribution >= 0.6 is 0 Å². The van der Waals surface area contributed by atoms with Crippen molar-refractivity contribution in [1.82, 2.24) is 0 Å². The maximum Gasteiger partial charge on any atom is 0.420 e. The summed E-state index contributed by atoms with van der Waals surface area (Å²) in [6.45, 7) is 2.02. The topological polar surface area (TPSA) is 52.4 Å². The zero-order valence-corrected chi connectivity index (χ0v) is 12.3. The van der Waals surface area contributed by atoms with Crippen molar-refractivity contribution in [2.24, 2.45) is 0 Å². The van der Waals surface area contributed by atoms with Gasteiger partial charge in [-0.15, -0.1) is 0 Å². The molecule has 0 aliphatic heterocycles. The lowest BCUT2D eigenvalue weighted by Crippen LogP contribution is -2.08. The first kappa shape index (κ1) is 16.8.